The van der Waals surface area contributed by atoms with Crippen molar-refractivity contribution in [3.05, 3.63) is 104 Å². The fourth-order valence-corrected chi connectivity index (χ4v) is 4.67. The molecule has 0 heteroatoms. The zero-order valence-electron chi connectivity index (χ0n) is 15.5. The molecule has 3 aromatic rings. The van der Waals surface area contributed by atoms with Gasteiger partial charge in [-0.25, -0.2) is 0 Å². The molecule has 0 aliphatic heterocycles. The number of hydrogen-bond donors (Lipinski definition) is 0. The van der Waals surface area contributed by atoms with Gasteiger partial charge in [0.25, 0.3) is 0 Å². The Morgan fingerprint density at radius 3 is 2.38 bits per heavy atom. The fourth-order valence-electron chi connectivity index (χ4n) is 4.67. The van der Waals surface area contributed by atoms with Crippen LogP contribution in [-0.2, 0) is 6.42 Å². The zero-order valence-corrected chi connectivity index (χ0v) is 15.5. The third-order valence-corrected chi connectivity index (χ3v) is 5.99. The lowest BCUT2D eigenvalue weighted by molar-refractivity contribution is 0.369. The highest BCUT2D eigenvalue weighted by molar-refractivity contribution is 5.57. The molecule has 0 saturated carbocycles. The molecule has 0 nitrogen and oxygen atoms in total. The van der Waals surface area contributed by atoms with E-state index < -0.39 is 0 Å². The van der Waals surface area contributed by atoms with E-state index in [1.165, 1.54) is 32.0 Å². The summed E-state index contributed by atoms with van der Waals surface area (Å²) >= 11 is 0. The first-order valence-corrected chi connectivity index (χ1v) is 9.61. The lowest BCUT2D eigenvalue weighted by Crippen LogP contribution is -2.29. The van der Waals surface area contributed by atoms with Crippen LogP contribution in [0.15, 0.2) is 66.7 Å². The molecule has 2 aliphatic rings. The summed E-state index contributed by atoms with van der Waals surface area (Å²) < 4.78 is 0. The predicted octanol–water partition coefficient (Wildman–Crippen LogP) is 4.65. The van der Waals surface area contributed by atoms with Gasteiger partial charge in [-0.05, 0) is 55.8 Å². The average Bonchev–Trinajstić information content (AvgIpc) is 2.67. The summed E-state index contributed by atoms with van der Waals surface area (Å²) in [6.07, 6.45) is 7.23. The van der Waals surface area contributed by atoms with Crippen LogP contribution in [0.2, 0.25) is 0 Å². The van der Waals surface area contributed by atoms with Crippen molar-refractivity contribution in [3.8, 4) is 0 Å². The topological polar surface area (TPSA) is 0 Å². The molecule has 0 bridgehead atoms. The largest absolute Gasteiger partial charge is 0.0764 e. The van der Waals surface area contributed by atoms with Gasteiger partial charge >= 0.3 is 0 Å². The van der Waals surface area contributed by atoms with Gasteiger partial charge in [-0.15, -0.1) is 0 Å². The van der Waals surface area contributed by atoms with Crippen LogP contribution in [0.25, 0.3) is 12.2 Å². The van der Waals surface area contributed by atoms with Crippen LogP contribution in [0.4, 0.5) is 0 Å². The number of rotatable bonds is 1. The van der Waals surface area contributed by atoms with Crippen molar-refractivity contribution in [1.29, 1.82) is 0 Å². The molecule has 3 aromatic carbocycles. The van der Waals surface area contributed by atoms with E-state index in [2.05, 4.69) is 92.7 Å². The first kappa shape index (κ1) is 15.6. The van der Waals surface area contributed by atoms with Gasteiger partial charge in [-0.1, -0.05) is 92.7 Å². The van der Waals surface area contributed by atoms with Crippen LogP contribution < -0.4 is 10.4 Å². The minimum absolute atomic E-state index is 0.332. The van der Waals surface area contributed by atoms with Crippen LogP contribution >= 0.6 is 0 Å². The second-order valence-corrected chi connectivity index (χ2v) is 8.49. The Labute approximate surface area is 154 Å². The zero-order chi connectivity index (χ0) is 17.7. The average molecular weight is 336 g/mol. The molecule has 0 radical (unpaired) electrons. The molecule has 0 N–H and O–H groups in total. The van der Waals surface area contributed by atoms with Gasteiger partial charge in [0, 0.05) is 5.92 Å². The quantitative estimate of drug-likeness (QED) is 0.607. The van der Waals surface area contributed by atoms with Crippen LogP contribution in [0.3, 0.4) is 0 Å². The molecule has 0 aromatic heterocycles. The normalized spacial score (nSPS) is 19.4. The van der Waals surface area contributed by atoms with Gasteiger partial charge in [0.2, 0.25) is 0 Å². The summed E-state index contributed by atoms with van der Waals surface area (Å²) in [7, 11) is 0. The lowest BCUT2D eigenvalue weighted by Gasteiger charge is -2.31. The van der Waals surface area contributed by atoms with Gasteiger partial charge in [-0.2, -0.15) is 0 Å². The van der Waals surface area contributed by atoms with Crippen molar-refractivity contribution in [3.63, 3.8) is 0 Å². The number of fused-ring (bicyclic) bond motifs is 4. The van der Waals surface area contributed by atoms with Gasteiger partial charge < -0.3 is 0 Å². The molecule has 26 heavy (non-hydrogen) atoms. The monoisotopic (exact) mass is 336 g/mol. The van der Waals surface area contributed by atoms with Crippen molar-refractivity contribution >= 4 is 12.2 Å². The second-order valence-electron chi connectivity index (χ2n) is 8.49. The predicted molar refractivity (Wildman–Crippen MR) is 109 cm³/mol. The fraction of sp³-hybridized carbons (Fsp3) is 0.231. The number of benzene rings is 3. The third kappa shape index (κ3) is 2.44. The molecule has 0 heterocycles. The van der Waals surface area contributed by atoms with Crippen molar-refractivity contribution in [2.75, 3.05) is 0 Å². The van der Waals surface area contributed by atoms with Crippen LogP contribution in [0.1, 0.15) is 42.9 Å². The summed E-state index contributed by atoms with van der Waals surface area (Å²) in [5.74, 6) is 0.332. The Kier molecular flexibility index (Phi) is 3.43. The SMILES string of the molecule is CC1(C)CC=c2ccc3c(c2C1)C(c1ccccc1)C=c1ccccc1=3. The van der Waals surface area contributed by atoms with Crippen LogP contribution in [-0.4, -0.2) is 0 Å². The maximum atomic E-state index is 2.47. The first-order chi connectivity index (χ1) is 12.6. The van der Waals surface area contributed by atoms with Gasteiger partial charge in [-0.3, -0.25) is 0 Å². The summed E-state index contributed by atoms with van der Waals surface area (Å²) in [5, 5.41) is 5.59. The molecule has 0 spiro atoms. The van der Waals surface area contributed by atoms with Gasteiger partial charge in [0.05, 0.1) is 0 Å². The third-order valence-electron chi connectivity index (χ3n) is 5.99. The Bertz CT molecular complexity index is 1200. The molecule has 0 fully saturated rings. The Morgan fingerprint density at radius 1 is 0.769 bits per heavy atom. The van der Waals surface area contributed by atoms with Crippen molar-refractivity contribution < 1.29 is 0 Å². The molecule has 5 rings (SSSR count). The molecule has 1 atom stereocenters. The minimum atomic E-state index is 0.332. The number of hydrogen-bond acceptors (Lipinski definition) is 0. The molecule has 0 saturated heterocycles. The summed E-state index contributed by atoms with van der Waals surface area (Å²) in [6, 6.07) is 24.5. The lowest BCUT2D eigenvalue weighted by atomic mass is 9.73. The molecule has 128 valence electrons. The van der Waals surface area contributed by atoms with E-state index in [0.29, 0.717) is 11.3 Å². The smallest absolute Gasteiger partial charge is 0.0287 e. The highest BCUT2D eigenvalue weighted by atomic mass is 14.3. The molecular formula is C26H24. The van der Waals surface area contributed by atoms with Crippen molar-refractivity contribution in [2.24, 2.45) is 5.41 Å². The Hall–Kier alpha value is -2.60. The highest BCUT2D eigenvalue weighted by Crippen LogP contribution is 2.36. The first-order valence-electron chi connectivity index (χ1n) is 9.61. The van der Waals surface area contributed by atoms with E-state index in [4.69, 9.17) is 0 Å². The standard InChI is InChI=1S/C26H24/c1-26(2)15-14-19-12-13-22-21-11-7-6-10-20(21)16-23(25(22)24(19)17-26)18-8-4-3-5-9-18/h3-14,16,23H,15,17H2,1-2H3. The molecule has 0 amide bonds. The van der Waals surface area contributed by atoms with E-state index in [-0.39, 0.29) is 0 Å². The van der Waals surface area contributed by atoms with E-state index in [1.54, 1.807) is 5.56 Å². The molecule has 1 unspecified atom stereocenters. The maximum Gasteiger partial charge on any atom is 0.0287 e. The van der Waals surface area contributed by atoms with Crippen LogP contribution in [0.5, 0.6) is 0 Å². The Morgan fingerprint density at radius 2 is 1.54 bits per heavy atom. The van der Waals surface area contributed by atoms with E-state index in [1.807, 2.05) is 0 Å². The van der Waals surface area contributed by atoms with Gasteiger partial charge in [0.15, 0.2) is 0 Å². The minimum Gasteiger partial charge on any atom is -0.0764 e. The van der Waals surface area contributed by atoms with E-state index >= 15 is 0 Å². The van der Waals surface area contributed by atoms with Crippen molar-refractivity contribution in [2.45, 2.75) is 32.6 Å². The molecular weight excluding hydrogens is 312 g/mol. The second kappa shape index (κ2) is 5.71. The van der Waals surface area contributed by atoms with Crippen molar-refractivity contribution in [1.82, 2.24) is 0 Å². The highest BCUT2D eigenvalue weighted by Gasteiger charge is 2.27. The summed E-state index contributed by atoms with van der Waals surface area (Å²) in [5.41, 5.74) is 4.80. The van der Waals surface area contributed by atoms with Crippen LogP contribution in [0, 0.1) is 15.9 Å². The van der Waals surface area contributed by atoms with Gasteiger partial charge in [0.1, 0.15) is 0 Å². The maximum absolute atomic E-state index is 2.47. The van der Waals surface area contributed by atoms with E-state index in [0.717, 1.165) is 12.8 Å². The summed E-state index contributed by atoms with van der Waals surface area (Å²) in [6.45, 7) is 4.79. The molecule has 2 aliphatic carbocycles. The Balaban J connectivity index is 1.93. The summed E-state index contributed by atoms with van der Waals surface area (Å²) in [4.78, 5) is 0. The van der Waals surface area contributed by atoms with E-state index in [9.17, 15) is 0 Å².